The fourth-order valence-corrected chi connectivity index (χ4v) is 5.92. The first-order valence-electron chi connectivity index (χ1n) is 16.5. The molecular formula is C37H55BrN2O2S. The summed E-state index contributed by atoms with van der Waals surface area (Å²) in [6.45, 7) is 10.4. The third-order valence-electron chi connectivity index (χ3n) is 7.91. The second kappa shape index (κ2) is 20.7. The molecule has 0 saturated carbocycles. The summed E-state index contributed by atoms with van der Waals surface area (Å²) in [6, 6.07) is 13.9. The van der Waals surface area contributed by atoms with Gasteiger partial charge in [-0.05, 0) is 42.2 Å². The molecule has 0 spiro atoms. The van der Waals surface area contributed by atoms with Crippen LogP contribution in [0, 0.1) is 0 Å². The minimum Gasteiger partial charge on any atom is -1.00 e. The van der Waals surface area contributed by atoms with Crippen molar-refractivity contribution in [2.24, 2.45) is 0 Å². The molecule has 2 aromatic carbocycles. The number of nitrogens with one attached hydrogen (secondary N) is 1. The van der Waals surface area contributed by atoms with E-state index in [4.69, 9.17) is 4.74 Å². The zero-order chi connectivity index (χ0) is 30.0. The van der Waals surface area contributed by atoms with E-state index in [1.165, 1.54) is 89.0 Å². The third kappa shape index (κ3) is 14.4. The Kier molecular flexibility index (Phi) is 17.8. The Bertz CT molecular complexity index is 1160. The van der Waals surface area contributed by atoms with Gasteiger partial charge in [0.15, 0.2) is 12.7 Å². The van der Waals surface area contributed by atoms with E-state index in [1.54, 1.807) is 11.3 Å². The quantitative estimate of drug-likeness (QED) is 0.0999. The van der Waals surface area contributed by atoms with Crippen LogP contribution >= 0.6 is 11.3 Å². The Hall–Kier alpha value is -2.18. The first-order chi connectivity index (χ1) is 20.4. The highest BCUT2D eigenvalue weighted by molar-refractivity contribution is 7.07. The summed E-state index contributed by atoms with van der Waals surface area (Å²) in [6.07, 6.45) is 21.0. The molecule has 1 N–H and O–H groups in total. The first kappa shape index (κ1) is 37.0. The average Bonchev–Trinajstić information content (AvgIpc) is 3.49. The van der Waals surface area contributed by atoms with E-state index in [-0.39, 0.29) is 28.3 Å². The summed E-state index contributed by atoms with van der Waals surface area (Å²) in [7, 11) is 0. The van der Waals surface area contributed by atoms with Crippen molar-refractivity contribution in [3.63, 3.8) is 0 Å². The van der Waals surface area contributed by atoms with Crippen LogP contribution in [0.5, 0.6) is 5.75 Å². The SMILES string of the molecule is CCCCCCCCCCCCCCCCOc1ccc(C(=O)Nc2ccc(C[n+]3ccsc3)cc2)cc1C(C)(C)C.[Br-]. The summed E-state index contributed by atoms with van der Waals surface area (Å²) in [5, 5.41) is 5.12. The van der Waals surface area contributed by atoms with Crippen LogP contribution in [-0.4, -0.2) is 12.5 Å². The van der Waals surface area contributed by atoms with Gasteiger partial charge in [0, 0.05) is 22.4 Å². The molecule has 1 aromatic heterocycles. The van der Waals surface area contributed by atoms with E-state index >= 15 is 0 Å². The van der Waals surface area contributed by atoms with Gasteiger partial charge in [-0.15, -0.1) is 0 Å². The minimum atomic E-state index is -0.123. The zero-order valence-electron chi connectivity index (χ0n) is 27.1. The van der Waals surface area contributed by atoms with E-state index in [9.17, 15) is 4.79 Å². The smallest absolute Gasteiger partial charge is 0.255 e. The molecule has 43 heavy (non-hydrogen) atoms. The van der Waals surface area contributed by atoms with Gasteiger partial charge < -0.3 is 27.0 Å². The van der Waals surface area contributed by atoms with Crippen LogP contribution in [0.1, 0.15) is 139 Å². The monoisotopic (exact) mass is 670 g/mol. The molecule has 1 amide bonds. The van der Waals surface area contributed by atoms with Crippen LogP contribution < -0.4 is 31.6 Å². The van der Waals surface area contributed by atoms with Crippen molar-refractivity contribution in [1.29, 1.82) is 0 Å². The Balaban J connectivity index is 0.00000645. The van der Waals surface area contributed by atoms with Gasteiger partial charge in [0.05, 0.1) is 12.0 Å². The molecular weight excluding hydrogens is 616 g/mol. The maximum atomic E-state index is 13.1. The fourth-order valence-electron chi connectivity index (χ4n) is 5.32. The normalized spacial score (nSPS) is 11.3. The number of hydrogen-bond acceptors (Lipinski definition) is 3. The number of benzene rings is 2. The highest BCUT2D eigenvalue weighted by Gasteiger charge is 2.21. The highest BCUT2D eigenvalue weighted by Crippen LogP contribution is 2.33. The standard InChI is InChI=1S/C37H54N2O2S.BrH/c1-5-6-7-8-9-10-11-12-13-14-15-16-17-18-26-41-35-24-21-32(28-34(35)37(2,3)4)36(40)38-33-22-19-31(20-23-33)29-39-25-27-42-30-39;/h19-25,27-28,30H,5-18,26,29H2,1-4H3;1H. The van der Waals surface area contributed by atoms with Gasteiger partial charge in [-0.1, -0.05) is 135 Å². The topological polar surface area (TPSA) is 42.2 Å². The van der Waals surface area contributed by atoms with E-state index in [0.717, 1.165) is 36.6 Å². The molecule has 3 aromatic rings. The second-order valence-electron chi connectivity index (χ2n) is 12.8. The maximum Gasteiger partial charge on any atom is 0.255 e. The lowest BCUT2D eigenvalue weighted by Gasteiger charge is -2.23. The van der Waals surface area contributed by atoms with Gasteiger partial charge in [-0.25, -0.2) is 0 Å². The molecule has 6 heteroatoms. The van der Waals surface area contributed by atoms with Crippen molar-refractivity contribution in [1.82, 2.24) is 0 Å². The molecule has 3 rings (SSSR count). The summed E-state index contributed by atoms with van der Waals surface area (Å²) in [5.41, 5.74) is 5.70. The number of rotatable bonds is 20. The first-order valence-corrected chi connectivity index (χ1v) is 17.4. The number of ether oxygens (including phenoxy) is 1. The Morgan fingerprint density at radius 3 is 1.93 bits per heavy atom. The lowest BCUT2D eigenvalue weighted by molar-refractivity contribution is -0.683. The number of carbonyl (C=O) groups is 1. The number of halogens is 1. The zero-order valence-corrected chi connectivity index (χ0v) is 29.5. The van der Waals surface area contributed by atoms with E-state index in [2.05, 4.69) is 66.8 Å². The van der Waals surface area contributed by atoms with Crippen LogP contribution in [0.15, 0.2) is 59.6 Å². The molecule has 0 radical (unpaired) electrons. The van der Waals surface area contributed by atoms with Gasteiger partial charge in [0.1, 0.15) is 5.75 Å². The molecule has 0 aliphatic carbocycles. The van der Waals surface area contributed by atoms with Crippen molar-refractivity contribution < 1.29 is 31.1 Å². The van der Waals surface area contributed by atoms with E-state index in [1.807, 2.05) is 30.3 Å². The highest BCUT2D eigenvalue weighted by atomic mass is 79.9. The van der Waals surface area contributed by atoms with Crippen molar-refractivity contribution >= 4 is 22.9 Å². The second-order valence-corrected chi connectivity index (χ2v) is 13.5. The summed E-state index contributed by atoms with van der Waals surface area (Å²) >= 11 is 1.68. The number of carbonyl (C=O) groups excluding carboxylic acids is 1. The van der Waals surface area contributed by atoms with Crippen molar-refractivity contribution in [2.45, 2.75) is 130 Å². The molecule has 0 aliphatic rings. The van der Waals surface area contributed by atoms with Crippen LogP contribution in [0.4, 0.5) is 5.69 Å². The Morgan fingerprint density at radius 2 is 1.40 bits per heavy atom. The number of anilines is 1. The van der Waals surface area contributed by atoms with Crippen molar-refractivity contribution in [3.8, 4) is 5.75 Å². The van der Waals surface area contributed by atoms with Gasteiger partial charge in [0.2, 0.25) is 5.51 Å². The number of thiazole rings is 1. The number of aromatic nitrogens is 1. The maximum absolute atomic E-state index is 13.1. The fraction of sp³-hybridized carbons (Fsp3) is 0.568. The molecule has 4 nitrogen and oxygen atoms in total. The Labute approximate surface area is 276 Å². The van der Waals surface area contributed by atoms with E-state index in [0.29, 0.717) is 5.56 Å². The molecule has 0 fully saturated rings. The lowest BCUT2D eigenvalue weighted by Crippen LogP contribution is -3.00. The molecule has 0 unspecified atom stereocenters. The van der Waals surface area contributed by atoms with Crippen LogP contribution in [-0.2, 0) is 12.0 Å². The summed E-state index contributed by atoms with van der Waals surface area (Å²) in [5.74, 6) is 0.794. The van der Waals surface area contributed by atoms with Crippen molar-refractivity contribution in [2.75, 3.05) is 11.9 Å². The largest absolute Gasteiger partial charge is 1.00 e. The number of unbranched alkanes of at least 4 members (excludes halogenated alkanes) is 13. The number of nitrogens with zero attached hydrogens (tertiary/aromatic N) is 1. The summed E-state index contributed by atoms with van der Waals surface area (Å²) in [4.78, 5) is 13.1. The Morgan fingerprint density at radius 1 is 0.814 bits per heavy atom. The molecule has 0 bridgehead atoms. The van der Waals surface area contributed by atoms with Crippen LogP contribution in [0.2, 0.25) is 0 Å². The third-order valence-corrected chi connectivity index (χ3v) is 8.58. The number of amides is 1. The van der Waals surface area contributed by atoms with Gasteiger partial charge in [0.25, 0.3) is 5.91 Å². The average molecular weight is 672 g/mol. The van der Waals surface area contributed by atoms with Crippen LogP contribution in [0.25, 0.3) is 0 Å². The van der Waals surface area contributed by atoms with Gasteiger partial charge in [-0.2, -0.15) is 4.57 Å². The number of hydrogen-bond donors (Lipinski definition) is 1. The van der Waals surface area contributed by atoms with E-state index < -0.39 is 0 Å². The molecule has 1 heterocycles. The van der Waals surface area contributed by atoms with Crippen molar-refractivity contribution in [3.05, 3.63) is 76.2 Å². The summed E-state index contributed by atoms with van der Waals surface area (Å²) < 4.78 is 8.40. The van der Waals surface area contributed by atoms with Gasteiger partial charge >= 0.3 is 0 Å². The van der Waals surface area contributed by atoms with Crippen LogP contribution in [0.3, 0.4) is 0 Å². The predicted molar refractivity (Wildman–Crippen MR) is 179 cm³/mol. The minimum absolute atomic E-state index is 0. The molecule has 238 valence electrons. The molecule has 0 saturated heterocycles. The van der Waals surface area contributed by atoms with Gasteiger partial charge in [-0.3, -0.25) is 4.79 Å². The lowest BCUT2D eigenvalue weighted by atomic mass is 9.85. The molecule has 0 aliphatic heterocycles. The molecule has 0 atom stereocenters. The predicted octanol–water partition coefficient (Wildman–Crippen LogP) is 7.50.